The molecule has 0 N–H and O–H groups in total. The second-order valence-corrected chi connectivity index (χ2v) is 11.6. The summed E-state index contributed by atoms with van der Waals surface area (Å²) in [5.74, 6) is 0. The van der Waals surface area contributed by atoms with Gasteiger partial charge >= 0.3 is 0 Å². The standard InChI is InChI=1S/C40H22N2O2/c41-21-23-1-3-27-15-29(7-5-25(27)13-23)31-9-11-37-33(17-31)35-19-40-36(20-39(35)43-37)34-18-32(10-12-38(34)44-40)30-8-6-26-14-24(22-42)2-4-28(26)16-30/h1,3,5-20H,2,4H2. The third kappa shape index (κ3) is 3.76. The molecule has 0 atom stereocenters. The smallest absolute Gasteiger partial charge is 0.136 e. The van der Waals surface area contributed by atoms with Crippen LogP contribution in [0.3, 0.4) is 0 Å². The van der Waals surface area contributed by atoms with Crippen molar-refractivity contribution in [2.45, 2.75) is 12.8 Å². The van der Waals surface area contributed by atoms with Gasteiger partial charge in [0.2, 0.25) is 0 Å². The fourth-order valence-corrected chi connectivity index (χ4v) is 6.66. The molecule has 0 fully saturated rings. The molecule has 44 heavy (non-hydrogen) atoms. The van der Waals surface area contributed by atoms with Gasteiger partial charge in [0.15, 0.2) is 0 Å². The lowest BCUT2D eigenvalue weighted by molar-refractivity contribution is 0.664. The van der Waals surface area contributed by atoms with Crippen molar-refractivity contribution in [3.63, 3.8) is 0 Å². The lowest BCUT2D eigenvalue weighted by atomic mass is 9.90. The van der Waals surface area contributed by atoms with Crippen LogP contribution in [0.2, 0.25) is 0 Å². The summed E-state index contributed by atoms with van der Waals surface area (Å²) in [5, 5.41) is 24.8. The van der Waals surface area contributed by atoms with E-state index in [1.165, 1.54) is 5.56 Å². The summed E-state index contributed by atoms with van der Waals surface area (Å²) in [6, 6.07) is 40.0. The molecule has 0 saturated heterocycles. The quantitative estimate of drug-likeness (QED) is 0.210. The van der Waals surface area contributed by atoms with Crippen LogP contribution in [0, 0.1) is 22.7 Å². The summed E-state index contributed by atoms with van der Waals surface area (Å²) < 4.78 is 12.7. The van der Waals surface area contributed by atoms with Gasteiger partial charge in [-0.15, -0.1) is 0 Å². The number of furan rings is 2. The Bertz CT molecular complexity index is 2640. The highest BCUT2D eigenvalue weighted by molar-refractivity contribution is 6.15. The average Bonchev–Trinajstić information content (AvgIpc) is 3.62. The Morgan fingerprint density at radius 3 is 1.73 bits per heavy atom. The number of fused-ring (bicyclic) bond motifs is 8. The molecular formula is C40H22N2O2. The molecule has 8 aromatic rings. The van der Waals surface area contributed by atoms with Crippen LogP contribution in [0.25, 0.3) is 83.0 Å². The van der Waals surface area contributed by atoms with E-state index in [9.17, 15) is 10.5 Å². The van der Waals surface area contributed by atoms with Gasteiger partial charge in [-0.2, -0.15) is 10.5 Å². The maximum atomic E-state index is 9.29. The van der Waals surface area contributed by atoms with Gasteiger partial charge in [-0.25, -0.2) is 0 Å². The molecule has 6 aromatic carbocycles. The van der Waals surface area contributed by atoms with Crippen molar-refractivity contribution in [2.24, 2.45) is 0 Å². The topological polar surface area (TPSA) is 73.9 Å². The van der Waals surface area contributed by atoms with Gasteiger partial charge in [0.1, 0.15) is 22.3 Å². The largest absolute Gasteiger partial charge is 0.456 e. The molecule has 0 spiro atoms. The molecule has 2 heterocycles. The third-order valence-corrected chi connectivity index (χ3v) is 8.98. The average molecular weight is 563 g/mol. The van der Waals surface area contributed by atoms with E-state index in [1.807, 2.05) is 30.3 Å². The van der Waals surface area contributed by atoms with E-state index in [0.29, 0.717) is 5.56 Å². The lowest BCUT2D eigenvalue weighted by Gasteiger charge is -2.14. The van der Waals surface area contributed by atoms with Crippen LogP contribution >= 0.6 is 0 Å². The van der Waals surface area contributed by atoms with Crippen LogP contribution in [0.4, 0.5) is 0 Å². The van der Waals surface area contributed by atoms with Gasteiger partial charge in [0.05, 0.1) is 17.7 Å². The minimum absolute atomic E-state index is 0.664. The Labute approximate surface area is 252 Å². The van der Waals surface area contributed by atoms with E-state index in [2.05, 4.69) is 91.0 Å². The van der Waals surface area contributed by atoms with Crippen molar-refractivity contribution in [1.82, 2.24) is 0 Å². The maximum absolute atomic E-state index is 9.29. The van der Waals surface area contributed by atoms with Crippen LogP contribution in [0.1, 0.15) is 23.1 Å². The molecule has 1 aliphatic carbocycles. The number of nitrogens with zero attached hydrogens (tertiary/aromatic N) is 2. The van der Waals surface area contributed by atoms with Gasteiger partial charge in [0.25, 0.3) is 0 Å². The first kappa shape index (κ1) is 24.5. The third-order valence-electron chi connectivity index (χ3n) is 8.98. The van der Waals surface area contributed by atoms with Crippen molar-refractivity contribution < 1.29 is 8.83 Å². The Kier molecular flexibility index (Phi) is 5.12. The van der Waals surface area contributed by atoms with Crippen LogP contribution < -0.4 is 0 Å². The molecule has 1 aliphatic rings. The molecule has 4 nitrogen and oxygen atoms in total. The first-order valence-corrected chi connectivity index (χ1v) is 14.6. The number of hydrogen-bond acceptors (Lipinski definition) is 4. The van der Waals surface area contributed by atoms with E-state index < -0.39 is 0 Å². The SMILES string of the molecule is N#CC1=Cc2ccc(-c3ccc4oc5cc6c(cc5c4c3)oc3ccc(-c4ccc5cc(C#N)ccc5c4)cc36)cc2CC1. The van der Waals surface area contributed by atoms with Crippen molar-refractivity contribution >= 4 is 60.7 Å². The zero-order valence-electron chi connectivity index (χ0n) is 23.5. The normalized spacial score (nSPS) is 12.9. The van der Waals surface area contributed by atoms with Gasteiger partial charge in [0, 0.05) is 27.1 Å². The van der Waals surface area contributed by atoms with E-state index in [1.54, 1.807) is 0 Å². The molecule has 4 heteroatoms. The van der Waals surface area contributed by atoms with E-state index in [0.717, 1.165) is 101 Å². The Morgan fingerprint density at radius 1 is 0.477 bits per heavy atom. The number of aryl methyl sites for hydroxylation is 1. The first-order valence-electron chi connectivity index (χ1n) is 14.6. The fraction of sp³-hybridized carbons (Fsp3) is 0.0500. The zero-order valence-corrected chi connectivity index (χ0v) is 23.5. The Hall–Kier alpha value is -6.10. The molecule has 0 saturated carbocycles. The van der Waals surface area contributed by atoms with Crippen LogP contribution in [-0.2, 0) is 6.42 Å². The lowest BCUT2D eigenvalue weighted by Crippen LogP contribution is -1.98. The summed E-state index contributed by atoms with van der Waals surface area (Å²) >= 11 is 0. The maximum Gasteiger partial charge on any atom is 0.136 e. The van der Waals surface area contributed by atoms with Crippen LogP contribution in [0.5, 0.6) is 0 Å². The minimum atomic E-state index is 0.664. The highest BCUT2D eigenvalue weighted by Crippen LogP contribution is 2.40. The van der Waals surface area contributed by atoms with Crippen molar-refractivity contribution in [3.05, 3.63) is 125 Å². The number of allylic oxidation sites excluding steroid dienone is 1. The monoisotopic (exact) mass is 562 g/mol. The van der Waals surface area contributed by atoms with Crippen LogP contribution in [-0.4, -0.2) is 0 Å². The van der Waals surface area contributed by atoms with Crippen molar-refractivity contribution in [3.8, 4) is 34.4 Å². The van der Waals surface area contributed by atoms with Gasteiger partial charge in [-0.05, 0) is 118 Å². The van der Waals surface area contributed by atoms with Gasteiger partial charge in [-0.3, -0.25) is 0 Å². The first-order chi connectivity index (χ1) is 21.6. The predicted octanol–water partition coefficient (Wildman–Crippen LogP) is 10.7. The van der Waals surface area contributed by atoms with Gasteiger partial charge in [-0.1, -0.05) is 48.5 Å². The Morgan fingerprint density at radius 2 is 1.05 bits per heavy atom. The zero-order chi connectivity index (χ0) is 29.4. The predicted molar refractivity (Wildman–Crippen MR) is 176 cm³/mol. The molecule has 0 bridgehead atoms. The molecule has 0 radical (unpaired) electrons. The van der Waals surface area contributed by atoms with E-state index in [4.69, 9.17) is 8.83 Å². The Balaban J connectivity index is 1.14. The molecule has 0 aliphatic heterocycles. The summed E-state index contributed by atoms with van der Waals surface area (Å²) in [6.07, 6.45) is 3.68. The molecule has 2 aromatic heterocycles. The summed E-state index contributed by atoms with van der Waals surface area (Å²) in [4.78, 5) is 0. The molecule has 0 unspecified atom stereocenters. The summed E-state index contributed by atoms with van der Waals surface area (Å²) in [6.45, 7) is 0. The minimum Gasteiger partial charge on any atom is -0.456 e. The van der Waals surface area contributed by atoms with E-state index in [-0.39, 0.29) is 0 Å². The highest BCUT2D eigenvalue weighted by Gasteiger charge is 2.16. The van der Waals surface area contributed by atoms with Gasteiger partial charge < -0.3 is 8.83 Å². The van der Waals surface area contributed by atoms with Crippen molar-refractivity contribution in [1.29, 1.82) is 10.5 Å². The second kappa shape index (κ2) is 9.20. The molecular weight excluding hydrogens is 540 g/mol. The van der Waals surface area contributed by atoms with Crippen LogP contribution in [0.15, 0.2) is 118 Å². The highest BCUT2D eigenvalue weighted by atomic mass is 16.3. The molecule has 0 amide bonds. The molecule has 204 valence electrons. The number of nitriles is 2. The van der Waals surface area contributed by atoms with Crippen molar-refractivity contribution in [2.75, 3.05) is 0 Å². The number of rotatable bonds is 2. The summed E-state index contributed by atoms with van der Waals surface area (Å²) in [7, 11) is 0. The molecule has 9 rings (SSSR count). The van der Waals surface area contributed by atoms with E-state index >= 15 is 0 Å². The fourth-order valence-electron chi connectivity index (χ4n) is 6.66. The number of benzene rings is 6. The second-order valence-electron chi connectivity index (χ2n) is 11.6. The number of hydrogen-bond donors (Lipinski definition) is 0. The summed E-state index contributed by atoms with van der Waals surface area (Å²) in [5.41, 5.74) is 11.8.